The second-order valence-electron chi connectivity index (χ2n) is 12.6. The Bertz CT molecular complexity index is 1790. The normalized spacial score (nSPS) is 25.3. The van der Waals surface area contributed by atoms with Crippen molar-refractivity contribution in [2.75, 3.05) is 37.7 Å². The van der Waals surface area contributed by atoms with Crippen molar-refractivity contribution >= 4 is 27.5 Å². The number of nitrogens with one attached hydrogen (secondary N) is 1. The standard InChI is InChI=1S/C31H31F5N6O2/c1-16-9-20-19(12-37-40-20)23(25(16)31(34,35)36)27-26(33)28-24-21(42-8-3-2-5-18(42)14-43-29(24)39-27)10-22(38-28)44-15-30-6-4-7-41(30)13-17(32)11-30/h9-10,12,17-18H,2-8,11,13-15H2,1H3,(H,37,40)/t17-,18+,30+/m1/s1. The summed E-state index contributed by atoms with van der Waals surface area (Å²) in [6, 6.07) is 3.06. The molecule has 0 bridgehead atoms. The summed E-state index contributed by atoms with van der Waals surface area (Å²) in [6.45, 7) is 3.61. The maximum Gasteiger partial charge on any atom is 0.417 e. The molecule has 4 aliphatic heterocycles. The zero-order valence-corrected chi connectivity index (χ0v) is 24.1. The van der Waals surface area contributed by atoms with E-state index in [9.17, 15) is 17.6 Å². The Labute approximate surface area is 249 Å². The number of aromatic nitrogens is 4. The topological polar surface area (TPSA) is 79.4 Å². The summed E-state index contributed by atoms with van der Waals surface area (Å²) in [5.74, 6) is -0.834. The molecule has 8 nitrogen and oxygen atoms in total. The molecular weight excluding hydrogens is 583 g/mol. The van der Waals surface area contributed by atoms with Crippen molar-refractivity contribution in [2.24, 2.45) is 0 Å². The third kappa shape index (κ3) is 4.21. The quantitative estimate of drug-likeness (QED) is 0.269. The van der Waals surface area contributed by atoms with Crippen LogP contribution in [0.15, 0.2) is 18.3 Å². The summed E-state index contributed by atoms with van der Waals surface area (Å²) in [6.07, 6.45) is 0.344. The van der Waals surface area contributed by atoms with Crippen LogP contribution < -0.4 is 14.4 Å². The SMILES string of the molecule is Cc1cc2[nH]ncc2c(-c2nc3c4c(cc(OC[C@@]56CCCN5C[C@H](F)C6)nc4c2F)N2CCCC[C@H]2CO3)c1C(F)(F)F. The largest absolute Gasteiger partial charge is 0.476 e. The van der Waals surface area contributed by atoms with Crippen LogP contribution in [-0.4, -0.2) is 75.7 Å². The van der Waals surface area contributed by atoms with Gasteiger partial charge in [-0.2, -0.15) is 18.3 Å². The molecule has 0 unspecified atom stereocenters. The van der Waals surface area contributed by atoms with E-state index in [0.29, 0.717) is 36.1 Å². The van der Waals surface area contributed by atoms with Gasteiger partial charge in [0.1, 0.15) is 30.6 Å². The van der Waals surface area contributed by atoms with Gasteiger partial charge in [-0.05, 0) is 57.2 Å². The number of hydrogen-bond acceptors (Lipinski definition) is 7. The number of rotatable bonds is 4. The molecule has 0 aliphatic carbocycles. The van der Waals surface area contributed by atoms with Crippen molar-refractivity contribution in [1.82, 2.24) is 25.1 Å². The van der Waals surface area contributed by atoms with Crippen LogP contribution in [0, 0.1) is 12.7 Å². The third-order valence-electron chi connectivity index (χ3n) is 9.88. The van der Waals surface area contributed by atoms with Crippen molar-refractivity contribution in [3.8, 4) is 23.0 Å². The van der Waals surface area contributed by atoms with Crippen LogP contribution in [0.4, 0.5) is 27.6 Å². The average molecular weight is 615 g/mol. The molecule has 4 aliphatic rings. The van der Waals surface area contributed by atoms with E-state index in [4.69, 9.17) is 9.47 Å². The molecule has 3 aromatic heterocycles. The predicted molar refractivity (Wildman–Crippen MR) is 153 cm³/mol. The van der Waals surface area contributed by atoms with E-state index in [2.05, 4.69) is 30.0 Å². The predicted octanol–water partition coefficient (Wildman–Crippen LogP) is 6.35. The van der Waals surface area contributed by atoms with E-state index < -0.39 is 40.5 Å². The van der Waals surface area contributed by atoms with Gasteiger partial charge in [0.2, 0.25) is 11.8 Å². The molecule has 0 spiro atoms. The lowest BCUT2D eigenvalue weighted by Crippen LogP contribution is -2.43. The van der Waals surface area contributed by atoms with Gasteiger partial charge in [-0.1, -0.05) is 0 Å². The molecule has 0 radical (unpaired) electrons. The van der Waals surface area contributed by atoms with Gasteiger partial charge < -0.3 is 14.4 Å². The summed E-state index contributed by atoms with van der Waals surface area (Å²) in [5, 5.41) is 7.02. The smallest absolute Gasteiger partial charge is 0.417 e. The van der Waals surface area contributed by atoms with Crippen molar-refractivity contribution in [2.45, 2.75) is 69.4 Å². The number of halogens is 5. The molecule has 1 N–H and O–H groups in total. The summed E-state index contributed by atoms with van der Waals surface area (Å²) < 4.78 is 87.4. The fourth-order valence-corrected chi connectivity index (χ4v) is 7.93. The number of nitrogens with zero attached hydrogens (tertiary/aromatic N) is 5. The van der Waals surface area contributed by atoms with Crippen LogP contribution in [-0.2, 0) is 6.18 Å². The average Bonchev–Trinajstić information content (AvgIpc) is 3.65. The van der Waals surface area contributed by atoms with E-state index in [-0.39, 0.29) is 47.5 Å². The number of fused-ring (bicyclic) bond motifs is 4. The van der Waals surface area contributed by atoms with Crippen LogP contribution in [0.3, 0.4) is 0 Å². The van der Waals surface area contributed by atoms with Crippen molar-refractivity contribution in [3.63, 3.8) is 0 Å². The molecule has 0 amide bonds. The fourth-order valence-electron chi connectivity index (χ4n) is 7.93. The molecule has 0 saturated carbocycles. The van der Waals surface area contributed by atoms with Crippen LogP contribution in [0.5, 0.6) is 11.8 Å². The Morgan fingerprint density at radius 3 is 2.86 bits per heavy atom. The number of alkyl halides is 4. The van der Waals surface area contributed by atoms with Crippen LogP contribution >= 0.6 is 0 Å². The molecule has 44 heavy (non-hydrogen) atoms. The lowest BCUT2D eigenvalue weighted by molar-refractivity contribution is -0.137. The Morgan fingerprint density at radius 2 is 2.02 bits per heavy atom. The highest BCUT2D eigenvalue weighted by Crippen LogP contribution is 2.48. The summed E-state index contributed by atoms with van der Waals surface area (Å²) in [4.78, 5) is 13.3. The maximum atomic E-state index is 16.8. The first kappa shape index (κ1) is 27.8. The zero-order chi connectivity index (χ0) is 30.4. The number of benzene rings is 1. The number of hydrogen-bond donors (Lipinski definition) is 1. The van der Waals surface area contributed by atoms with Crippen molar-refractivity contribution < 1.29 is 31.4 Å². The second-order valence-corrected chi connectivity index (χ2v) is 12.6. The fraction of sp³-hybridized carbons (Fsp3) is 0.516. The lowest BCUT2D eigenvalue weighted by Gasteiger charge is -2.36. The van der Waals surface area contributed by atoms with Crippen molar-refractivity contribution in [3.05, 3.63) is 35.3 Å². The van der Waals surface area contributed by atoms with Gasteiger partial charge in [0.15, 0.2) is 5.82 Å². The number of anilines is 1. The first-order valence-electron chi connectivity index (χ1n) is 15.1. The monoisotopic (exact) mass is 614 g/mol. The molecule has 8 rings (SSSR count). The van der Waals surface area contributed by atoms with Gasteiger partial charge in [0, 0.05) is 36.5 Å². The molecular formula is C31H31F5N6O2. The molecule has 3 saturated heterocycles. The van der Waals surface area contributed by atoms with Crippen molar-refractivity contribution in [1.29, 1.82) is 0 Å². The summed E-state index contributed by atoms with van der Waals surface area (Å²) in [5.41, 5.74) is -1.70. The first-order valence-corrected chi connectivity index (χ1v) is 15.1. The van der Waals surface area contributed by atoms with E-state index in [0.717, 1.165) is 38.6 Å². The van der Waals surface area contributed by atoms with Gasteiger partial charge in [-0.15, -0.1) is 0 Å². The lowest BCUT2D eigenvalue weighted by atomic mass is 9.94. The molecule has 3 atom stereocenters. The number of pyridine rings is 2. The van der Waals surface area contributed by atoms with Gasteiger partial charge in [0.05, 0.1) is 39.9 Å². The molecule has 13 heteroatoms. The molecule has 4 aromatic rings. The first-order chi connectivity index (χ1) is 21.1. The van der Waals surface area contributed by atoms with Gasteiger partial charge >= 0.3 is 6.18 Å². The Hall–Kier alpha value is -3.74. The highest BCUT2D eigenvalue weighted by atomic mass is 19.4. The summed E-state index contributed by atoms with van der Waals surface area (Å²) >= 11 is 0. The number of aromatic amines is 1. The molecule has 1 aromatic carbocycles. The highest BCUT2D eigenvalue weighted by Gasteiger charge is 2.49. The number of piperidine rings is 1. The maximum absolute atomic E-state index is 16.8. The third-order valence-corrected chi connectivity index (χ3v) is 9.88. The second kappa shape index (κ2) is 9.88. The van der Waals surface area contributed by atoms with Gasteiger partial charge in [-0.3, -0.25) is 10.00 Å². The number of aryl methyl sites for hydroxylation is 1. The Kier molecular flexibility index (Phi) is 6.24. The van der Waals surface area contributed by atoms with Crippen LogP contribution in [0.1, 0.15) is 49.7 Å². The Morgan fingerprint density at radius 1 is 1.16 bits per heavy atom. The van der Waals surface area contributed by atoms with E-state index in [1.54, 1.807) is 6.07 Å². The van der Waals surface area contributed by atoms with E-state index >= 15 is 4.39 Å². The minimum atomic E-state index is -4.80. The van der Waals surface area contributed by atoms with Crippen LogP contribution in [0.25, 0.3) is 33.1 Å². The van der Waals surface area contributed by atoms with E-state index in [1.165, 1.54) is 19.2 Å². The number of ether oxygens (including phenoxy) is 2. The minimum absolute atomic E-state index is 0.0285. The Balaban J connectivity index is 1.34. The zero-order valence-electron chi connectivity index (χ0n) is 24.1. The molecule has 7 heterocycles. The molecule has 232 valence electrons. The van der Waals surface area contributed by atoms with Crippen LogP contribution in [0.2, 0.25) is 0 Å². The van der Waals surface area contributed by atoms with Gasteiger partial charge in [-0.25, -0.2) is 18.7 Å². The van der Waals surface area contributed by atoms with E-state index in [1.807, 2.05) is 0 Å². The molecule has 3 fully saturated rings. The highest BCUT2D eigenvalue weighted by molar-refractivity contribution is 6.02. The summed E-state index contributed by atoms with van der Waals surface area (Å²) in [7, 11) is 0. The number of H-pyrrole nitrogens is 1. The minimum Gasteiger partial charge on any atom is -0.476 e. The van der Waals surface area contributed by atoms with Gasteiger partial charge in [0.25, 0.3) is 0 Å².